The predicted octanol–water partition coefficient (Wildman–Crippen LogP) is 2.94. The molecule has 0 radical (unpaired) electrons. The normalized spacial score (nSPS) is 15.8. The number of fused-ring (bicyclic) bond motifs is 1. The number of nitrogens with one attached hydrogen (secondary N) is 1. The average Bonchev–Trinajstić information content (AvgIpc) is 3.26. The van der Waals surface area contributed by atoms with Crippen molar-refractivity contribution in [2.45, 2.75) is 32.7 Å². The molecule has 1 unspecified atom stereocenters. The maximum Gasteiger partial charge on any atom is 0.165 e. The highest BCUT2D eigenvalue weighted by Crippen LogP contribution is 2.42. The van der Waals surface area contributed by atoms with Crippen molar-refractivity contribution < 1.29 is 0 Å². The molecule has 1 N–H and O–H groups in total. The zero-order valence-corrected chi connectivity index (χ0v) is 13.6. The molecule has 1 aliphatic carbocycles. The topological polar surface area (TPSA) is 68.5 Å². The highest BCUT2D eigenvalue weighted by Gasteiger charge is 2.35. The minimum Gasteiger partial charge on any atom is -0.359 e. The van der Waals surface area contributed by atoms with E-state index >= 15 is 0 Å². The number of rotatable bonds is 4. The monoisotopic (exact) mass is 308 g/mol. The third kappa shape index (κ3) is 2.54. The zero-order valence-electron chi connectivity index (χ0n) is 13.6. The minimum atomic E-state index is 0.175. The summed E-state index contributed by atoms with van der Waals surface area (Å²) in [5, 5.41) is 4.61. The van der Waals surface area contributed by atoms with Gasteiger partial charge in [0, 0.05) is 25.1 Å². The molecule has 1 saturated carbocycles. The van der Waals surface area contributed by atoms with E-state index < -0.39 is 0 Å². The number of hydrogen-bond acceptors (Lipinski definition) is 5. The first kappa shape index (κ1) is 14.1. The summed E-state index contributed by atoms with van der Waals surface area (Å²) in [5.41, 5.74) is 2.86. The molecule has 3 heterocycles. The number of nitrogens with zero attached hydrogens (tertiary/aromatic N) is 5. The van der Waals surface area contributed by atoms with Gasteiger partial charge in [-0.15, -0.1) is 0 Å². The van der Waals surface area contributed by atoms with Gasteiger partial charge in [-0.2, -0.15) is 0 Å². The quantitative estimate of drug-likeness (QED) is 0.802. The Morgan fingerprint density at radius 3 is 2.74 bits per heavy atom. The summed E-state index contributed by atoms with van der Waals surface area (Å²) >= 11 is 0. The molecule has 0 bridgehead atoms. The lowest BCUT2D eigenvalue weighted by Crippen LogP contribution is -2.18. The van der Waals surface area contributed by atoms with E-state index in [0.717, 1.165) is 33.9 Å². The fraction of sp³-hybridized carbons (Fsp3) is 0.412. The Morgan fingerprint density at radius 1 is 1.22 bits per heavy atom. The average molecular weight is 308 g/mol. The Kier molecular flexibility index (Phi) is 3.25. The van der Waals surface area contributed by atoms with Gasteiger partial charge in [0.2, 0.25) is 0 Å². The summed E-state index contributed by atoms with van der Waals surface area (Å²) in [6.45, 7) is 4.07. The first-order valence-corrected chi connectivity index (χ1v) is 7.96. The van der Waals surface area contributed by atoms with Gasteiger partial charge in [-0.25, -0.2) is 19.9 Å². The van der Waals surface area contributed by atoms with Crippen LogP contribution in [-0.2, 0) is 7.05 Å². The summed E-state index contributed by atoms with van der Waals surface area (Å²) in [7, 11) is 2.04. The highest BCUT2D eigenvalue weighted by molar-refractivity contribution is 5.89. The standard InChI is InChI=1S/C17H20N6/c1-10-8-11(2)21-15-13(10)16(20-9-19-15)22-14(12-4-5-12)17-18-6-7-23(17)3/h6-9,12,14H,4-5H2,1-3H3,(H,19,20,21,22). The van der Waals surface area contributed by atoms with E-state index in [1.54, 1.807) is 6.33 Å². The molecule has 0 spiro atoms. The van der Waals surface area contributed by atoms with Gasteiger partial charge in [-0.3, -0.25) is 0 Å². The molecule has 0 aromatic carbocycles. The molecule has 23 heavy (non-hydrogen) atoms. The number of aromatic nitrogens is 5. The van der Waals surface area contributed by atoms with E-state index in [4.69, 9.17) is 0 Å². The number of pyridine rings is 1. The van der Waals surface area contributed by atoms with Crippen LogP contribution in [0.25, 0.3) is 11.0 Å². The van der Waals surface area contributed by atoms with Gasteiger partial charge in [-0.05, 0) is 44.2 Å². The smallest absolute Gasteiger partial charge is 0.165 e. The number of aryl methyl sites for hydroxylation is 3. The van der Waals surface area contributed by atoms with Crippen LogP contribution in [0.3, 0.4) is 0 Å². The second-order valence-electron chi connectivity index (χ2n) is 6.36. The van der Waals surface area contributed by atoms with Crippen LogP contribution in [0, 0.1) is 19.8 Å². The zero-order chi connectivity index (χ0) is 16.0. The summed E-state index contributed by atoms with van der Waals surface area (Å²) in [6, 6.07) is 2.25. The van der Waals surface area contributed by atoms with Crippen molar-refractivity contribution in [3.8, 4) is 0 Å². The van der Waals surface area contributed by atoms with Crippen LogP contribution in [0.1, 0.15) is 36.0 Å². The molecule has 1 aliphatic rings. The van der Waals surface area contributed by atoms with Crippen LogP contribution >= 0.6 is 0 Å². The Morgan fingerprint density at radius 2 is 2.04 bits per heavy atom. The third-order valence-electron chi connectivity index (χ3n) is 4.45. The van der Waals surface area contributed by atoms with Crippen LogP contribution in [0.2, 0.25) is 0 Å². The molecular weight excluding hydrogens is 288 g/mol. The Balaban J connectivity index is 1.78. The summed E-state index contributed by atoms with van der Waals surface area (Å²) in [6.07, 6.45) is 7.87. The first-order valence-electron chi connectivity index (χ1n) is 7.96. The minimum absolute atomic E-state index is 0.175. The molecule has 0 amide bonds. The van der Waals surface area contributed by atoms with E-state index in [2.05, 4.69) is 42.8 Å². The van der Waals surface area contributed by atoms with Crippen LogP contribution in [0.15, 0.2) is 24.8 Å². The van der Waals surface area contributed by atoms with E-state index in [0.29, 0.717) is 5.92 Å². The van der Waals surface area contributed by atoms with Gasteiger partial charge >= 0.3 is 0 Å². The fourth-order valence-electron chi connectivity index (χ4n) is 3.17. The van der Waals surface area contributed by atoms with E-state index in [9.17, 15) is 0 Å². The first-order chi connectivity index (χ1) is 11.1. The SMILES string of the molecule is Cc1cc(C)c2c(NC(c3nccn3C)C3CC3)ncnc2n1. The van der Waals surface area contributed by atoms with Gasteiger partial charge < -0.3 is 9.88 Å². The predicted molar refractivity (Wildman–Crippen MR) is 89.1 cm³/mol. The lowest BCUT2D eigenvalue weighted by atomic mass is 10.1. The van der Waals surface area contributed by atoms with Gasteiger partial charge in [0.05, 0.1) is 11.4 Å². The molecule has 0 aliphatic heterocycles. The van der Waals surface area contributed by atoms with E-state index in [1.165, 1.54) is 12.8 Å². The van der Waals surface area contributed by atoms with Crippen molar-refractivity contribution in [1.29, 1.82) is 0 Å². The molecule has 3 aromatic rings. The molecule has 0 saturated heterocycles. The number of imidazole rings is 1. The lowest BCUT2D eigenvalue weighted by Gasteiger charge is -2.20. The summed E-state index contributed by atoms with van der Waals surface area (Å²) < 4.78 is 2.08. The highest BCUT2D eigenvalue weighted by atomic mass is 15.1. The largest absolute Gasteiger partial charge is 0.359 e. The summed E-state index contributed by atoms with van der Waals surface area (Å²) in [4.78, 5) is 17.9. The van der Waals surface area contributed by atoms with Gasteiger partial charge in [0.25, 0.3) is 0 Å². The molecular formula is C17H20N6. The van der Waals surface area contributed by atoms with Gasteiger partial charge in [0.15, 0.2) is 5.65 Å². The van der Waals surface area contributed by atoms with Crippen LogP contribution in [0.4, 0.5) is 5.82 Å². The number of anilines is 1. The second kappa shape index (κ2) is 5.30. The Bertz CT molecular complexity index is 865. The molecule has 3 aromatic heterocycles. The Hall–Kier alpha value is -2.50. The van der Waals surface area contributed by atoms with Crippen LogP contribution in [0.5, 0.6) is 0 Å². The van der Waals surface area contributed by atoms with Crippen LogP contribution in [-0.4, -0.2) is 24.5 Å². The van der Waals surface area contributed by atoms with Crippen molar-refractivity contribution in [3.05, 3.63) is 41.9 Å². The maximum atomic E-state index is 4.53. The second-order valence-corrected chi connectivity index (χ2v) is 6.36. The van der Waals surface area contributed by atoms with Crippen molar-refractivity contribution in [2.24, 2.45) is 13.0 Å². The molecule has 4 rings (SSSR count). The van der Waals surface area contributed by atoms with Gasteiger partial charge in [0.1, 0.15) is 18.0 Å². The third-order valence-corrected chi connectivity index (χ3v) is 4.45. The molecule has 118 valence electrons. The molecule has 1 atom stereocenters. The van der Waals surface area contributed by atoms with E-state index in [1.807, 2.05) is 26.4 Å². The van der Waals surface area contributed by atoms with Crippen molar-refractivity contribution in [1.82, 2.24) is 24.5 Å². The maximum absolute atomic E-state index is 4.53. The molecule has 6 heteroatoms. The lowest BCUT2D eigenvalue weighted by molar-refractivity contribution is 0.605. The molecule has 6 nitrogen and oxygen atoms in total. The summed E-state index contributed by atoms with van der Waals surface area (Å²) in [5.74, 6) is 2.51. The number of hydrogen-bond donors (Lipinski definition) is 1. The van der Waals surface area contributed by atoms with Crippen LogP contribution < -0.4 is 5.32 Å². The van der Waals surface area contributed by atoms with Gasteiger partial charge in [-0.1, -0.05) is 0 Å². The van der Waals surface area contributed by atoms with Crippen molar-refractivity contribution in [2.75, 3.05) is 5.32 Å². The molecule has 1 fully saturated rings. The van der Waals surface area contributed by atoms with Crippen molar-refractivity contribution >= 4 is 16.9 Å². The van der Waals surface area contributed by atoms with E-state index in [-0.39, 0.29) is 6.04 Å². The Labute approximate surface area is 135 Å². The fourth-order valence-corrected chi connectivity index (χ4v) is 3.17. The van der Waals surface area contributed by atoms with Crippen molar-refractivity contribution in [3.63, 3.8) is 0 Å².